The molecule has 0 aliphatic heterocycles. The molecular formula is C21H21N3O3S. The Balaban J connectivity index is 1.35. The summed E-state index contributed by atoms with van der Waals surface area (Å²) in [5.74, 6) is -0.158. The second-order valence-electron chi connectivity index (χ2n) is 6.18. The molecule has 0 saturated carbocycles. The number of benzene rings is 2. The SMILES string of the molecule is Cc1ccc(NC(=O)CSCC(=O)OCc2ccc(-n3cccn3)cc2)cc1. The molecule has 0 radical (unpaired) electrons. The normalized spacial score (nSPS) is 10.5. The van der Waals surface area contributed by atoms with Crippen molar-refractivity contribution in [3.8, 4) is 5.69 Å². The van der Waals surface area contributed by atoms with Crippen LogP contribution < -0.4 is 5.32 Å². The first-order valence-corrected chi connectivity index (χ1v) is 9.94. The van der Waals surface area contributed by atoms with Gasteiger partial charge in [-0.15, -0.1) is 11.8 Å². The Bertz CT molecular complexity index is 907. The number of nitrogens with one attached hydrogen (secondary N) is 1. The number of amides is 1. The number of ether oxygens (including phenoxy) is 1. The van der Waals surface area contributed by atoms with Crippen LogP contribution in [0, 0.1) is 6.92 Å². The molecule has 1 N–H and O–H groups in total. The number of hydrogen-bond donors (Lipinski definition) is 1. The van der Waals surface area contributed by atoms with Crippen LogP contribution in [0.25, 0.3) is 5.69 Å². The standard InChI is InChI=1S/C21H21N3O3S/c1-16-3-7-18(8-4-16)23-20(25)14-28-15-21(26)27-13-17-5-9-19(10-6-17)24-12-2-11-22-24/h2-12H,13-15H2,1H3,(H,23,25). The van der Waals surface area contributed by atoms with E-state index in [9.17, 15) is 9.59 Å². The first-order chi connectivity index (χ1) is 13.6. The Morgan fingerprint density at radius 1 is 1.07 bits per heavy atom. The van der Waals surface area contributed by atoms with Crippen LogP contribution in [0.15, 0.2) is 67.0 Å². The van der Waals surface area contributed by atoms with Crippen LogP contribution in [-0.2, 0) is 20.9 Å². The number of esters is 1. The fraction of sp³-hybridized carbons (Fsp3) is 0.190. The summed E-state index contributed by atoms with van der Waals surface area (Å²) in [4.78, 5) is 23.8. The van der Waals surface area contributed by atoms with Crippen molar-refractivity contribution in [2.24, 2.45) is 0 Å². The number of rotatable bonds is 8. The molecule has 0 aliphatic rings. The third kappa shape index (κ3) is 5.99. The van der Waals surface area contributed by atoms with E-state index in [1.807, 2.05) is 67.7 Å². The first-order valence-electron chi connectivity index (χ1n) is 8.79. The lowest BCUT2D eigenvalue weighted by Crippen LogP contribution is -2.16. The third-order valence-electron chi connectivity index (χ3n) is 3.89. The van der Waals surface area contributed by atoms with Gasteiger partial charge < -0.3 is 10.1 Å². The molecule has 6 nitrogen and oxygen atoms in total. The van der Waals surface area contributed by atoms with Crippen molar-refractivity contribution in [2.75, 3.05) is 16.8 Å². The van der Waals surface area contributed by atoms with Gasteiger partial charge >= 0.3 is 5.97 Å². The van der Waals surface area contributed by atoms with Crippen molar-refractivity contribution in [1.82, 2.24) is 9.78 Å². The van der Waals surface area contributed by atoms with Gasteiger partial charge in [-0.05, 0) is 42.8 Å². The van der Waals surface area contributed by atoms with Gasteiger partial charge in [-0.3, -0.25) is 9.59 Å². The molecule has 144 valence electrons. The summed E-state index contributed by atoms with van der Waals surface area (Å²) >= 11 is 1.23. The first kappa shape index (κ1) is 19.7. The molecule has 0 atom stereocenters. The number of aromatic nitrogens is 2. The van der Waals surface area contributed by atoms with Crippen molar-refractivity contribution in [3.05, 3.63) is 78.1 Å². The van der Waals surface area contributed by atoms with E-state index in [2.05, 4.69) is 10.4 Å². The highest BCUT2D eigenvalue weighted by Crippen LogP contribution is 2.12. The van der Waals surface area contributed by atoms with E-state index in [1.165, 1.54) is 11.8 Å². The summed E-state index contributed by atoms with van der Waals surface area (Å²) in [5.41, 5.74) is 3.71. The fourth-order valence-corrected chi connectivity index (χ4v) is 3.04. The van der Waals surface area contributed by atoms with E-state index in [0.29, 0.717) is 0 Å². The largest absolute Gasteiger partial charge is 0.460 e. The Kier molecular flexibility index (Phi) is 6.86. The molecule has 0 bridgehead atoms. The minimum atomic E-state index is -0.343. The number of anilines is 1. The molecule has 0 saturated heterocycles. The van der Waals surface area contributed by atoms with Gasteiger partial charge in [0.05, 0.1) is 17.2 Å². The van der Waals surface area contributed by atoms with Crippen LogP contribution in [0.2, 0.25) is 0 Å². The van der Waals surface area contributed by atoms with Crippen LogP contribution >= 0.6 is 11.8 Å². The average molecular weight is 395 g/mol. The maximum atomic E-state index is 11.9. The highest BCUT2D eigenvalue weighted by atomic mass is 32.2. The highest BCUT2D eigenvalue weighted by Gasteiger charge is 2.08. The number of carbonyl (C=O) groups excluding carboxylic acids is 2. The molecule has 0 spiro atoms. The maximum absolute atomic E-state index is 11.9. The fourth-order valence-electron chi connectivity index (χ4n) is 2.43. The molecule has 7 heteroatoms. The lowest BCUT2D eigenvalue weighted by atomic mass is 10.2. The lowest BCUT2D eigenvalue weighted by molar-refractivity contribution is -0.141. The smallest absolute Gasteiger partial charge is 0.316 e. The van der Waals surface area contributed by atoms with Crippen LogP contribution in [0.4, 0.5) is 5.69 Å². The van der Waals surface area contributed by atoms with Crippen molar-refractivity contribution in [2.45, 2.75) is 13.5 Å². The van der Waals surface area contributed by atoms with Gasteiger partial charge in [0.1, 0.15) is 6.61 Å². The molecule has 2 aromatic carbocycles. The molecule has 1 amide bonds. The van der Waals surface area contributed by atoms with Gasteiger partial charge in [0.25, 0.3) is 0 Å². The van der Waals surface area contributed by atoms with Gasteiger partial charge in [-0.1, -0.05) is 29.8 Å². The molecule has 0 unspecified atom stereocenters. The van der Waals surface area contributed by atoms with Crippen LogP contribution in [0.3, 0.4) is 0 Å². The van der Waals surface area contributed by atoms with Gasteiger partial charge in [-0.2, -0.15) is 5.10 Å². The second kappa shape index (κ2) is 9.75. The minimum absolute atomic E-state index is 0.132. The highest BCUT2D eigenvalue weighted by molar-refractivity contribution is 8.00. The number of nitrogens with zero attached hydrogens (tertiary/aromatic N) is 2. The van der Waals surface area contributed by atoms with E-state index in [4.69, 9.17) is 4.74 Å². The molecular weight excluding hydrogens is 374 g/mol. The molecule has 1 heterocycles. The predicted octanol–water partition coefficient (Wildman–Crippen LogP) is 3.60. The van der Waals surface area contributed by atoms with E-state index in [1.54, 1.807) is 10.9 Å². The molecule has 0 fully saturated rings. The lowest BCUT2D eigenvalue weighted by Gasteiger charge is -2.07. The minimum Gasteiger partial charge on any atom is -0.460 e. The summed E-state index contributed by atoms with van der Waals surface area (Å²) in [6.45, 7) is 2.19. The molecule has 28 heavy (non-hydrogen) atoms. The number of carbonyl (C=O) groups is 2. The zero-order valence-corrected chi connectivity index (χ0v) is 16.3. The maximum Gasteiger partial charge on any atom is 0.316 e. The summed E-state index contributed by atoms with van der Waals surface area (Å²) in [7, 11) is 0. The van der Waals surface area contributed by atoms with Gasteiger partial charge in [0.15, 0.2) is 0 Å². The van der Waals surface area contributed by atoms with Gasteiger partial charge in [-0.25, -0.2) is 4.68 Å². The second-order valence-corrected chi connectivity index (χ2v) is 7.17. The summed E-state index contributed by atoms with van der Waals surface area (Å²) < 4.78 is 7.02. The quantitative estimate of drug-likeness (QED) is 0.590. The van der Waals surface area contributed by atoms with Crippen LogP contribution in [-0.4, -0.2) is 33.2 Å². The van der Waals surface area contributed by atoms with E-state index in [-0.39, 0.29) is 30.0 Å². The van der Waals surface area contributed by atoms with Crippen LogP contribution in [0.5, 0.6) is 0 Å². The Hall–Kier alpha value is -3.06. The molecule has 0 aliphatic carbocycles. The van der Waals surface area contributed by atoms with Crippen molar-refractivity contribution in [1.29, 1.82) is 0 Å². The van der Waals surface area contributed by atoms with Gasteiger partial charge in [0, 0.05) is 18.1 Å². The summed E-state index contributed by atoms with van der Waals surface area (Å²) in [6, 6.07) is 17.0. The number of hydrogen-bond acceptors (Lipinski definition) is 5. The van der Waals surface area contributed by atoms with E-state index in [0.717, 1.165) is 22.5 Å². The predicted molar refractivity (Wildman–Crippen MR) is 110 cm³/mol. The topological polar surface area (TPSA) is 73.2 Å². The van der Waals surface area contributed by atoms with Gasteiger partial charge in [0.2, 0.25) is 5.91 Å². The van der Waals surface area contributed by atoms with Crippen molar-refractivity contribution < 1.29 is 14.3 Å². The van der Waals surface area contributed by atoms with Crippen LogP contribution in [0.1, 0.15) is 11.1 Å². The Morgan fingerprint density at radius 2 is 1.82 bits per heavy atom. The van der Waals surface area contributed by atoms with Crippen molar-refractivity contribution >= 4 is 29.3 Å². The average Bonchev–Trinajstić information content (AvgIpc) is 3.23. The third-order valence-corrected chi connectivity index (χ3v) is 4.80. The summed E-state index contributed by atoms with van der Waals surface area (Å²) in [5, 5.41) is 6.96. The zero-order valence-electron chi connectivity index (χ0n) is 15.5. The monoisotopic (exact) mass is 395 g/mol. The zero-order chi connectivity index (χ0) is 19.8. The van der Waals surface area contributed by atoms with Crippen molar-refractivity contribution in [3.63, 3.8) is 0 Å². The molecule has 3 rings (SSSR count). The molecule has 3 aromatic rings. The number of aryl methyl sites for hydroxylation is 1. The summed E-state index contributed by atoms with van der Waals surface area (Å²) in [6.07, 6.45) is 3.58. The van der Waals surface area contributed by atoms with E-state index < -0.39 is 0 Å². The Labute approximate surface area is 167 Å². The Morgan fingerprint density at radius 3 is 2.50 bits per heavy atom. The molecule has 1 aromatic heterocycles. The number of thioether (sulfide) groups is 1. The van der Waals surface area contributed by atoms with E-state index >= 15 is 0 Å².